The molecule has 0 saturated heterocycles. The molecule has 0 fully saturated rings. The zero-order chi connectivity index (χ0) is 22.6. The van der Waals surface area contributed by atoms with Gasteiger partial charge in [0.1, 0.15) is 24.2 Å². The molecular formula is C15H26N4O8S2. The molecule has 14 heteroatoms. The van der Waals surface area contributed by atoms with Crippen LogP contribution >= 0.6 is 24.4 Å². The van der Waals surface area contributed by atoms with Crippen LogP contribution in [0.1, 0.15) is 12.8 Å². The molecule has 4 atom stereocenters. The highest BCUT2D eigenvalue weighted by atomic mass is 32.2. The first-order valence-corrected chi connectivity index (χ1v) is 10.4. The van der Waals surface area contributed by atoms with Crippen molar-refractivity contribution in [1.82, 2.24) is 16.0 Å². The van der Waals surface area contributed by atoms with E-state index in [2.05, 4.69) is 28.6 Å². The van der Waals surface area contributed by atoms with Crippen molar-refractivity contribution in [2.45, 2.75) is 37.0 Å². The van der Waals surface area contributed by atoms with E-state index in [-0.39, 0.29) is 12.2 Å². The normalized spacial score (nSPS) is 14.8. The second kappa shape index (κ2) is 14.0. The van der Waals surface area contributed by atoms with Crippen LogP contribution in [0, 0.1) is 0 Å². The number of hydrogen-bond donors (Lipinski definition) is 8. The third-order valence-electron chi connectivity index (χ3n) is 3.59. The van der Waals surface area contributed by atoms with E-state index in [1.54, 1.807) is 6.26 Å². The first-order valence-electron chi connectivity index (χ1n) is 8.39. The number of carboxylic acid groups (broad SMARTS) is 2. The number of nitrogens with one attached hydrogen (secondary N) is 3. The number of aliphatic hydroxyl groups excluding tert-OH is 1. The molecule has 0 saturated carbocycles. The van der Waals surface area contributed by atoms with E-state index >= 15 is 0 Å². The van der Waals surface area contributed by atoms with Gasteiger partial charge in [-0.05, 0) is 18.4 Å². The Bertz CT molecular complexity index is 607. The summed E-state index contributed by atoms with van der Waals surface area (Å²) in [7, 11) is 0. The van der Waals surface area contributed by atoms with Crippen molar-refractivity contribution in [3.8, 4) is 0 Å². The number of aliphatic hydroxyl groups is 1. The van der Waals surface area contributed by atoms with E-state index in [0.29, 0.717) is 5.75 Å². The van der Waals surface area contributed by atoms with Gasteiger partial charge in [-0.2, -0.15) is 24.4 Å². The van der Waals surface area contributed by atoms with Crippen molar-refractivity contribution in [1.29, 1.82) is 0 Å². The lowest BCUT2D eigenvalue weighted by molar-refractivity contribution is -0.143. The van der Waals surface area contributed by atoms with Crippen molar-refractivity contribution in [2.75, 3.05) is 24.4 Å². The van der Waals surface area contributed by atoms with Crippen LogP contribution in [-0.2, 0) is 24.0 Å². The van der Waals surface area contributed by atoms with Crippen LogP contribution in [-0.4, -0.2) is 93.5 Å². The van der Waals surface area contributed by atoms with Crippen molar-refractivity contribution >= 4 is 54.1 Å². The number of thiol groups is 1. The number of carbonyl (C=O) groups excluding carboxylic acids is 3. The average Bonchev–Trinajstić information content (AvgIpc) is 2.66. The molecule has 12 nitrogen and oxygen atoms in total. The lowest BCUT2D eigenvalue weighted by Crippen LogP contribution is -2.58. The Morgan fingerprint density at radius 2 is 1.48 bits per heavy atom. The van der Waals surface area contributed by atoms with Gasteiger partial charge in [0.25, 0.3) is 0 Å². The second-order valence-corrected chi connectivity index (χ2v) is 7.22. The van der Waals surface area contributed by atoms with Crippen molar-refractivity contribution in [2.24, 2.45) is 5.73 Å². The molecule has 0 aromatic rings. The van der Waals surface area contributed by atoms with Crippen LogP contribution < -0.4 is 21.7 Å². The monoisotopic (exact) mass is 454 g/mol. The van der Waals surface area contributed by atoms with Crippen LogP contribution in [0.15, 0.2) is 0 Å². The van der Waals surface area contributed by atoms with E-state index in [1.807, 2.05) is 0 Å². The minimum atomic E-state index is -1.58. The van der Waals surface area contributed by atoms with Gasteiger partial charge in [0.05, 0.1) is 13.0 Å². The second-order valence-electron chi connectivity index (χ2n) is 5.87. The van der Waals surface area contributed by atoms with Gasteiger partial charge in [-0.15, -0.1) is 0 Å². The molecular weight excluding hydrogens is 428 g/mol. The molecule has 0 heterocycles. The van der Waals surface area contributed by atoms with Gasteiger partial charge in [0, 0.05) is 5.75 Å². The van der Waals surface area contributed by atoms with Crippen molar-refractivity contribution < 1.29 is 39.3 Å². The Labute approximate surface area is 176 Å². The summed E-state index contributed by atoms with van der Waals surface area (Å²) >= 11 is 5.28. The Hall–Kier alpha value is -2.03. The van der Waals surface area contributed by atoms with E-state index in [9.17, 15) is 29.1 Å². The number of nitrogens with two attached hydrogens (primary N) is 1. The zero-order valence-electron chi connectivity index (χ0n) is 15.7. The standard InChI is InChI=1S/C15H26N4O8S2/c1-29-3-2-8(15(26)27)17-13(24)9(4-11(21)22)18-14(25)10(6-28)19-12(23)7(16)5-20/h7-10,20,28H,2-6,16H2,1H3,(H,17,24)(H,18,25)(H,19,23)(H,21,22)(H,26,27). The van der Waals surface area contributed by atoms with Gasteiger partial charge in [0.15, 0.2) is 0 Å². The smallest absolute Gasteiger partial charge is 0.326 e. The largest absolute Gasteiger partial charge is 0.481 e. The van der Waals surface area contributed by atoms with Gasteiger partial charge in [0.2, 0.25) is 17.7 Å². The molecule has 0 rings (SSSR count). The fraction of sp³-hybridized carbons (Fsp3) is 0.667. The first kappa shape index (κ1) is 27.0. The van der Waals surface area contributed by atoms with Crippen LogP contribution in [0.4, 0.5) is 0 Å². The third kappa shape index (κ3) is 10.3. The highest BCUT2D eigenvalue weighted by Crippen LogP contribution is 2.03. The molecule has 0 aromatic heterocycles. The topological polar surface area (TPSA) is 208 Å². The van der Waals surface area contributed by atoms with E-state index in [4.69, 9.17) is 15.9 Å². The van der Waals surface area contributed by atoms with E-state index < -0.39 is 66.9 Å². The molecule has 0 aliphatic rings. The van der Waals surface area contributed by atoms with Gasteiger partial charge >= 0.3 is 11.9 Å². The summed E-state index contributed by atoms with van der Waals surface area (Å²) in [5.41, 5.74) is 5.34. The van der Waals surface area contributed by atoms with Crippen LogP contribution in [0.3, 0.4) is 0 Å². The average molecular weight is 455 g/mol. The number of thioether (sulfide) groups is 1. The molecule has 166 valence electrons. The Morgan fingerprint density at radius 1 is 0.966 bits per heavy atom. The fourth-order valence-electron chi connectivity index (χ4n) is 1.98. The summed E-state index contributed by atoms with van der Waals surface area (Å²) < 4.78 is 0. The van der Waals surface area contributed by atoms with Gasteiger partial charge in [-0.1, -0.05) is 0 Å². The molecule has 0 radical (unpaired) electrons. The molecule has 0 spiro atoms. The fourth-order valence-corrected chi connectivity index (χ4v) is 2.71. The Balaban J connectivity index is 5.22. The molecule has 0 aliphatic carbocycles. The van der Waals surface area contributed by atoms with Crippen molar-refractivity contribution in [3.05, 3.63) is 0 Å². The maximum Gasteiger partial charge on any atom is 0.326 e. The van der Waals surface area contributed by atoms with Gasteiger partial charge < -0.3 is 37.0 Å². The summed E-state index contributed by atoms with van der Waals surface area (Å²) in [6, 6.07) is -5.39. The quantitative estimate of drug-likeness (QED) is 0.125. The van der Waals surface area contributed by atoms with Crippen molar-refractivity contribution in [3.63, 3.8) is 0 Å². The van der Waals surface area contributed by atoms with E-state index in [0.717, 1.165) is 0 Å². The summed E-state index contributed by atoms with van der Waals surface area (Å²) in [6.07, 6.45) is 1.04. The number of aliphatic carboxylic acids is 2. The molecule has 8 N–H and O–H groups in total. The Kier molecular flexibility index (Phi) is 13.0. The van der Waals surface area contributed by atoms with Gasteiger partial charge in [-0.3, -0.25) is 19.2 Å². The Morgan fingerprint density at radius 3 is 1.93 bits per heavy atom. The lowest BCUT2D eigenvalue weighted by atomic mass is 10.1. The molecule has 3 amide bonds. The summed E-state index contributed by atoms with van der Waals surface area (Å²) in [4.78, 5) is 58.7. The van der Waals surface area contributed by atoms with Crippen LogP contribution in [0.5, 0.6) is 0 Å². The minimum absolute atomic E-state index is 0.102. The minimum Gasteiger partial charge on any atom is -0.481 e. The highest BCUT2D eigenvalue weighted by molar-refractivity contribution is 7.98. The molecule has 0 aromatic carbocycles. The first-order chi connectivity index (χ1) is 13.6. The molecule has 29 heavy (non-hydrogen) atoms. The maximum atomic E-state index is 12.4. The summed E-state index contributed by atoms with van der Waals surface area (Å²) in [5, 5.41) is 33.6. The molecule has 4 unspecified atom stereocenters. The predicted molar refractivity (Wildman–Crippen MR) is 108 cm³/mol. The number of rotatable bonds is 14. The molecule has 0 aliphatic heterocycles. The highest BCUT2D eigenvalue weighted by Gasteiger charge is 2.31. The number of amides is 3. The summed E-state index contributed by atoms with van der Waals surface area (Å²) in [5.74, 6) is -5.24. The van der Waals surface area contributed by atoms with E-state index in [1.165, 1.54) is 11.8 Å². The maximum absolute atomic E-state index is 12.4. The molecule has 0 bridgehead atoms. The number of carbonyl (C=O) groups is 5. The van der Waals surface area contributed by atoms with Crippen LogP contribution in [0.25, 0.3) is 0 Å². The third-order valence-corrected chi connectivity index (χ3v) is 4.60. The zero-order valence-corrected chi connectivity index (χ0v) is 17.4. The SMILES string of the molecule is CSCCC(NC(=O)C(CC(=O)O)NC(=O)C(CS)NC(=O)C(N)CO)C(=O)O. The van der Waals surface area contributed by atoms with Gasteiger partial charge in [-0.25, -0.2) is 4.79 Å². The number of hydrogen-bond acceptors (Lipinski definition) is 9. The van der Waals surface area contributed by atoms with Crippen LogP contribution in [0.2, 0.25) is 0 Å². The predicted octanol–water partition coefficient (Wildman–Crippen LogP) is -3.00. The summed E-state index contributed by atoms with van der Waals surface area (Å²) in [6.45, 7) is -0.663. The lowest BCUT2D eigenvalue weighted by Gasteiger charge is -2.23. The number of carboxylic acids is 2.